The molecule has 2 N–H and O–H groups in total. The quantitative estimate of drug-likeness (QED) is 0.561. The van der Waals surface area contributed by atoms with Crippen LogP contribution in [0.3, 0.4) is 0 Å². The van der Waals surface area contributed by atoms with Crippen molar-refractivity contribution in [2.75, 3.05) is 37.6 Å². The lowest BCUT2D eigenvalue weighted by Crippen LogP contribution is -2.46. The van der Waals surface area contributed by atoms with Gasteiger partial charge in [0, 0.05) is 49.1 Å². The third kappa shape index (κ3) is 5.42. The van der Waals surface area contributed by atoms with Crippen LogP contribution in [0, 0.1) is 0 Å². The van der Waals surface area contributed by atoms with Gasteiger partial charge in [-0.2, -0.15) is 0 Å². The predicted octanol–water partition coefficient (Wildman–Crippen LogP) is 4.98. The summed E-state index contributed by atoms with van der Waals surface area (Å²) in [6, 6.07) is 21.0. The number of anilines is 1. The summed E-state index contributed by atoms with van der Waals surface area (Å²) in [5.41, 5.74) is 12.4. The Bertz CT molecular complexity index is 1090. The zero-order valence-electron chi connectivity index (χ0n) is 20.1. The highest BCUT2D eigenvalue weighted by molar-refractivity contribution is 5.80. The molecule has 5 heteroatoms. The number of aromatic nitrogens is 2. The van der Waals surface area contributed by atoms with Crippen LogP contribution in [0.4, 0.5) is 5.82 Å². The normalized spacial score (nSPS) is 15.4. The van der Waals surface area contributed by atoms with E-state index in [2.05, 4.69) is 66.1 Å². The first-order valence-electron chi connectivity index (χ1n) is 12.1. The minimum absolute atomic E-state index is 0.687. The number of aryl methyl sites for hydroxylation is 1. The Labute approximate surface area is 198 Å². The lowest BCUT2D eigenvalue weighted by Gasteiger charge is -2.35. The van der Waals surface area contributed by atoms with E-state index in [-0.39, 0.29) is 0 Å². The first kappa shape index (κ1) is 23.0. The van der Waals surface area contributed by atoms with Crippen LogP contribution >= 0.6 is 0 Å². The summed E-state index contributed by atoms with van der Waals surface area (Å²) in [4.78, 5) is 15.0. The zero-order valence-corrected chi connectivity index (χ0v) is 20.1. The average molecular weight is 442 g/mol. The number of allylic oxidation sites excluding steroid dienone is 1. The summed E-state index contributed by atoms with van der Waals surface area (Å²) in [7, 11) is 0. The Balaban J connectivity index is 1.79. The molecule has 33 heavy (non-hydrogen) atoms. The molecule has 172 valence electrons. The number of benzene rings is 2. The van der Waals surface area contributed by atoms with Crippen LogP contribution in [0.1, 0.15) is 44.1 Å². The van der Waals surface area contributed by atoms with Gasteiger partial charge in [0.25, 0.3) is 0 Å². The summed E-state index contributed by atoms with van der Waals surface area (Å²) in [6.07, 6.45) is 2.19. The lowest BCUT2D eigenvalue weighted by atomic mass is 10.0. The third-order valence-corrected chi connectivity index (χ3v) is 6.26. The van der Waals surface area contributed by atoms with E-state index < -0.39 is 0 Å². The van der Waals surface area contributed by atoms with Gasteiger partial charge in [0.2, 0.25) is 0 Å². The highest BCUT2D eigenvalue weighted by Crippen LogP contribution is 2.29. The maximum absolute atomic E-state index is 6.39. The highest BCUT2D eigenvalue weighted by atomic mass is 15.3. The molecule has 0 atom stereocenters. The summed E-state index contributed by atoms with van der Waals surface area (Å²) in [6.45, 7) is 11.6. The van der Waals surface area contributed by atoms with Crippen LogP contribution in [0.15, 0.2) is 66.4 Å². The SMILES string of the molecule is CCCN1CCN(c2cc(-c3cccc(CC)c3)nc(/C(=C(/C)N)c3ccccc3)n2)CC1. The molecule has 3 aromatic rings. The molecule has 1 aromatic heterocycles. The second kappa shape index (κ2) is 10.6. The summed E-state index contributed by atoms with van der Waals surface area (Å²) < 4.78 is 0. The number of hydrogen-bond acceptors (Lipinski definition) is 5. The van der Waals surface area contributed by atoms with Crippen molar-refractivity contribution in [3.8, 4) is 11.3 Å². The van der Waals surface area contributed by atoms with Crippen molar-refractivity contribution < 1.29 is 0 Å². The van der Waals surface area contributed by atoms with E-state index in [4.69, 9.17) is 15.7 Å². The minimum atomic E-state index is 0.687. The van der Waals surface area contributed by atoms with Crippen LogP contribution in [0.2, 0.25) is 0 Å². The Morgan fingerprint density at radius 1 is 0.909 bits per heavy atom. The van der Waals surface area contributed by atoms with Crippen molar-refractivity contribution in [2.24, 2.45) is 5.73 Å². The smallest absolute Gasteiger partial charge is 0.164 e. The predicted molar refractivity (Wildman–Crippen MR) is 138 cm³/mol. The molecule has 4 rings (SSSR count). The van der Waals surface area contributed by atoms with Gasteiger partial charge in [-0.15, -0.1) is 0 Å². The van der Waals surface area contributed by atoms with Crippen molar-refractivity contribution in [3.05, 3.63) is 83.3 Å². The molecule has 1 aliphatic rings. The van der Waals surface area contributed by atoms with Gasteiger partial charge in [-0.25, -0.2) is 9.97 Å². The van der Waals surface area contributed by atoms with Gasteiger partial charge in [0.1, 0.15) is 5.82 Å². The minimum Gasteiger partial charge on any atom is -0.402 e. The van der Waals surface area contributed by atoms with E-state index in [1.54, 1.807) is 0 Å². The number of nitrogens with zero attached hydrogens (tertiary/aromatic N) is 4. The van der Waals surface area contributed by atoms with Crippen molar-refractivity contribution >= 4 is 11.4 Å². The standard InChI is InChI=1S/C28H35N5/c1-4-14-32-15-17-33(18-16-32)26-20-25(24-13-9-10-22(5-2)19-24)30-28(31-26)27(21(3)29)23-11-7-6-8-12-23/h6-13,19-20H,4-5,14-18,29H2,1-3H3/b27-21-. The fourth-order valence-corrected chi connectivity index (χ4v) is 4.46. The van der Waals surface area contributed by atoms with Crippen LogP contribution in [-0.2, 0) is 6.42 Å². The zero-order chi connectivity index (χ0) is 23.2. The van der Waals surface area contributed by atoms with E-state index in [9.17, 15) is 0 Å². The van der Waals surface area contributed by atoms with Crippen LogP contribution in [0.5, 0.6) is 0 Å². The molecule has 1 saturated heterocycles. The van der Waals surface area contributed by atoms with E-state index in [0.29, 0.717) is 5.82 Å². The molecule has 1 aliphatic heterocycles. The molecule has 1 fully saturated rings. The Morgan fingerprint density at radius 2 is 1.67 bits per heavy atom. The Kier molecular flexibility index (Phi) is 7.40. The van der Waals surface area contributed by atoms with Gasteiger partial charge in [-0.3, -0.25) is 4.90 Å². The van der Waals surface area contributed by atoms with Crippen LogP contribution in [0.25, 0.3) is 16.8 Å². The average Bonchev–Trinajstić information content (AvgIpc) is 2.85. The summed E-state index contributed by atoms with van der Waals surface area (Å²) in [5, 5.41) is 0. The van der Waals surface area contributed by atoms with E-state index in [0.717, 1.165) is 73.1 Å². The Hall–Kier alpha value is -3.18. The van der Waals surface area contributed by atoms with Gasteiger partial charge < -0.3 is 10.6 Å². The van der Waals surface area contributed by atoms with Crippen molar-refractivity contribution in [3.63, 3.8) is 0 Å². The lowest BCUT2D eigenvalue weighted by molar-refractivity contribution is 0.258. The van der Waals surface area contributed by atoms with E-state index in [1.807, 2.05) is 25.1 Å². The van der Waals surface area contributed by atoms with E-state index >= 15 is 0 Å². The van der Waals surface area contributed by atoms with Crippen molar-refractivity contribution in [1.82, 2.24) is 14.9 Å². The Morgan fingerprint density at radius 3 is 2.33 bits per heavy atom. The maximum atomic E-state index is 6.39. The fourth-order valence-electron chi connectivity index (χ4n) is 4.46. The molecule has 5 nitrogen and oxygen atoms in total. The van der Waals surface area contributed by atoms with Gasteiger partial charge in [-0.05, 0) is 43.5 Å². The number of piperazine rings is 1. The molecular formula is C28H35N5. The summed E-state index contributed by atoms with van der Waals surface area (Å²) in [5.74, 6) is 1.66. The second-order valence-corrected chi connectivity index (χ2v) is 8.74. The molecule has 0 spiro atoms. The van der Waals surface area contributed by atoms with Crippen LogP contribution < -0.4 is 10.6 Å². The van der Waals surface area contributed by atoms with Crippen molar-refractivity contribution in [2.45, 2.75) is 33.6 Å². The van der Waals surface area contributed by atoms with E-state index in [1.165, 1.54) is 12.0 Å². The number of rotatable bonds is 7. The molecule has 0 aliphatic carbocycles. The van der Waals surface area contributed by atoms with Crippen molar-refractivity contribution in [1.29, 1.82) is 0 Å². The van der Waals surface area contributed by atoms with Crippen LogP contribution in [-0.4, -0.2) is 47.6 Å². The molecule has 2 aromatic carbocycles. The first-order valence-corrected chi connectivity index (χ1v) is 12.1. The van der Waals surface area contributed by atoms with Gasteiger partial charge in [-0.1, -0.05) is 62.4 Å². The fraction of sp³-hybridized carbons (Fsp3) is 0.357. The number of nitrogens with two attached hydrogens (primary N) is 1. The van der Waals surface area contributed by atoms with Gasteiger partial charge >= 0.3 is 0 Å². The second-order valence-electron chi connectivity index (χ2n) is 8.74. The van der Waals surface area contributed by atoms with Gasteiger partial charge in [0.05, 0.1) is 5.69 Å². The molecule has 0 radical (unpaired) electrons. The molecule has 0 saturated carbocycles. The maximum Gasteiger partial charge on any atom is 0.164 e. The molecule has 0 bridgehead atoms. The molecular weight excluding hydrogens is 406 g/mol. The first-order chi connectivity index (χ1) is 16.1. The third-order valence-electron chi connectivity index (χ3n) is 6.26. The molecule has 0 unspecified atom stereocenters. The summed E-state index contributed by atoms with van der Waals surface area (Å²) >= 11 is 0. The molecule has 0 amide bonds. The largest absolute Gasteiger partial charge is 0.402 e. The monoisotopic (exact) mass is 441 g/mol. The number of hydrogen-bond donors (Lipinski definition) is 1. The molecule has 2 heterocycles. The highest BCUT2D eigenvalue weighted by Gasteiger charge is 2.21. The van der Waals surface area contributed by atoms with Gasteiger partial charge in [0.15, 0.2) is 5.82 Å². The topological polar surface area (TPSA) is 58.3 Å².